The lowest BCUT2D eigenvalue weighted by Gasteiger charge is -2.23. The second-order valence-corrected chi connectivity index (χ2v) is 7.07. The minimum Gasteiger partial charge on any atom is -0.453 e. The number of ether oxygens (including phenoxy) is 1. The average Bonchev–Trinajstić information content (AvgIpc) is 2.52. The smallest absolute Gasteiger partial charge is 0.413 e. The predicted octanol–water partition coefficient (Wildman–Crippen LogP) is 2.42. The van der Waals surface area contributed by atoms with Gasteiger partial charge in [0.15, 0.2) is 6.04 Å². The van der Waals surface area contributed by atoms with E-state index >= 15 is 0 Å². The highest BCUT2D eigenvalue weighted by Crippen LogP contribution is 2.19. The van der Waals surface area contributed by atoms with Crippen molar-refractivity contribution in [3.63, 3.8) is 0 Å². The first-order valence-corrected chi connectivity index (χ1v) is 8.57. The quantitative estimate of drug-likeness (QED) is 0.804. The lowest BCUT2D eigenvalue weighted by Crippen LogP contribution is -2.93. The van der Waals surface area contributed by atoms with E-state index in [1.807, 2.05) is 5.32 Å². The molecule has 2 atom stereocenters. The van der Waals surface area contributed by atoms with Crippen LogP contribution in [0.15, 0.2) is 24.3 Å². The molecule has 0 aliphatic carbocycles. The molecule has 5 nitrogen and oxygen atoms in total. The minimum atomic E-state index is -0.723. The zero-order valence-corrected chi connectivity index (χ0v) is 15.6. The van der Waals surface area contributed by atoms with Gasteiger partial charge >= 0.3 is 6.09 Å². The molecule has 1 aromatic rings. The van der Waals surface area contributed by atoms with E-state index in [9.17, 15) is 9.59 Å². The summed E-state index contributed by atoms with van der Waals surface area (Å²) in [5.74, 6) is 0.642. The van der Waals surface area contributed by atoms with Crippen LogP contribution < -0.4 is 10.6 Å². The molecule has 1 rings (SSSR count). The van der Waals surface area contributed by atoms with Gasteiger partial charge in [-0.05, 0) is 24.8 Å². The molecule has 2 amide bonds. The van der Waals surface area contributed by atoms with Crippen LogP contribution in [-0.2, 0) is 16.0 Å². The molecule has 0 unspecified atom stereocenters. The van der Waals surface area contributed by atoms with Crippen LogP contribution in [0.1, 0.15) is 51.8 Å². The number of imide groups is 1. The monoisotopic (exact) mass is 335 g/mol. The van der Waals surface area contributed by atoms with E-state index < -0.39 is 6.09 Å². The van der Waals surface area contributed by atoms with Crippen LogP contribution in [0.25, 0.3) is 0 Å². The lowest BCUT2D eigenvalue weighted by atomic mass is 9.93. The SMILES string of the molecule is COC(=O)NC(=O)[C@H](C)[NH2+][C@H](c1ccc(CC(C)C)cc1)C(C)C. The Hall–Kier alpha value is -1.88. The summed E-state index contributed by atoms with van der Waals surface area (Å²) < 4.78 is 4.47. The minimum absolute atomic E-state index is 0.150. The molecule has 0 spiro atoms. The normalized spacial score (nSPS) is 13.7. The number of nitrogens with two attached hydrogens (primary N) is 1. The third-order valence-corrected chi connectivity index (χ3v) is 4.05. The first-order valence-electron chi connectivity index (χ1n) is 8.57. The highest BCUT2D eigenvalue weighted by atomic mass is 16.5. The standard InChI is InChI=1S/C19H30N2O3/c1-12(2)11-15-7-9-16(10-8-15)17(13(3)4)20-14(5)18(22)21-19(23)24-6/h7-10,12-14,17,20H,11H2,1-6H3,(H,21,22,23)/p+1/t14-,17-/m0/s1. The van der Waals surface area contributed by atoms with Gasteiger partial charge in [-0.15, -0.1) is 0 Å². The molecule has 3 N–H and O–H groups in total. The van der Waals surface area contributed by atoms with E-state index in [1.54, 1.807) is 6.92 Å². The summed E-state index contributed by atoms with van der Waals surface area (Å²) in [5, 5.41) is 4.22. The maximum atomic E-state index is 12.0. The Labute approximate surface area is 145 Å². The number of hydrogen-bond donors (Lipinski definition) is 2. The fraction of sp³-hybridized carbons (Fsp3) is 0.579. The van der Waals surface area contributed by atoms with E-state index in [-0.39, 0.29) is 18.0 Å². The lowest BCUT2D eigenvalue weighted by molar-refractivity contribution is -0.719. The van der Waals surface area contributed by atoms with Gasteiger partial charge in [-0.3, -0.25) is 10.1 Å². The molecule has 0 bridgehead atoms. The molecule has 134 valence electrons. The third-order valence-electron chi connectivity index (χ3n) is 4.05. The first-order chi connectivity index (χ1) is 11.2. The number of benzene rings is 1. The number of alkyl carbamates (subject to hydrolysis) is 1. The van der Waals surface area contributed by atoms with Crippen molar-refractivity contribution in [2.24, 2.45) is 11.8 Å². The van der Waals surface area contributed by atoms with Crippen molar-refractivity contribution in [2.45, 2.75) is 53.1 Å². The molecule has 1 aromatic carbocycles. The average molecular weight is 335 g/mol. The molecule has 5 heteroatoms. The Bertz CT molecular complexity index is 538. The van der Waals surface area contributed by atoms with Crippen LogP contribution in [0.3, 0.4) is 0 Å². The van der Waals surface area contributed by atoms with Gasteiger partial charge in [-0.2, -0.15) is 0 Å². The summed E-state index contributed by atoms with van der Waals surface area (Å²) in [6.45, 7) is 10.5. The van der Waals surface area contributed by atoms with Gasteiger partial charge in [0.1, 0.15) is 6.04 Å². The maximum absolute atomic E-state index is 12.0. The predicted molar refractivity (Wildman–Crippen MR) is 94.5 cm³/mol. The zero-order valence-electron chi connectivity index (χ0n) is 15.6. The number of rotatable bonds is 7. The summed E-state index contributed by atoms with van der Waals surface area (Å²) in [4.78, 5) is 23.2. The summed E-state index contributed by atoms with van der Waals surface area (Å²) >= 11 is 0. The largest absolute Gasteiger partial charge is 0.453 e. The molecule has 0 saturated carbocycles. The second kappa shape index (κ2) is 9.42. The Morgan fingerprint density at radius 1 is 1.08 bits per heavy atom. The fourth-order valence-corrected chi connectivity index (χ4v) is 2.73. The first kappa shape index (κ1) is 20.2. The Morgan fingerprint density at radius 3 is 2.12 bits per heavy atom. The molecule has 0 radical (unpaired) electrons. The highest BCUT2D eigenvalue weighted by molar-refractivity contribution is 5.93. The van der Waals surface area contributed by atoms with Crippen molar-refractivity contribution < 1.29 is 19.6 Å². The van der Waals surface area contributed by atoms with Gasteiger partial charge < -0.3 is 10.1 Å². The van der Waals surface area contributed by atoms with Crippen LogP contribution in [0.4, 0.5) is 4.79 Å². The molecule has 0 heterocycles. The Balaban J connectivity index is 2.79. The highest BCUT2D eigenvalue weighted by Gasteiger charge is 2.26. The summed E-state index contributed by atoms with van der Waals surface area (Å²) in [6, 6.07) is 8.38. The van der Waals surface area contributed by atoms with Gasteiger partial charge in [0.2, 0.25) is 0 Å². The van der Waals surface area contributed by atoms with Crippen LogP contribution in [-0.4, -0.2) is 25.2 Å². The van der Waals surface area contributed by atoms with Gasteiger partial charge in [0.05, 0.1) is 7.11 Å². The summed E-state index contributed by atoms with van der Waals surface area (Å²) in [5.41, 5.74) is 2.52. The van der Waals surface area contributed by atoms with E-state index in [0.717, 1.165) is 6.42 Å². The summed E-state index contributed by atoms with van der Waals surface area (Å²) in [6.07, 6.45) is 0.341. The number of amides is 2. The van der Waals surface area contributed by atoms with Crippen molar-refractivity contribution in [3.05, 3.63) is 35.4 Å². The molecule has 0 aliphatic heterocycles. The van der Waals surface area contributed by atoms with E-state index in [0.29, 0.717) is 11.8 Å². The van der Waals surface area contributed by atoms with E-state index in [4.69, 9.17) is 0 Å². The molecule has 0 saturated heterocycles. The molecule has 0 aliphatic rings. The number of methoxy groups -OCH3 is 1. The number of quaternary nitrogens is 1. The summed E-state index contributed by atoms with van der Waals surface area (Å²) in [7, 11) is 1.24. The van der Waals surface area contributed by atoms with Gasteiger partial charge in [-0.25, -0.2) is 4.79 Å². The van der Waals surface area contributed by atoms with E-state index in [2.05, 4.69) is 62.0 Å². The molecule has 24 heavy (non-hydrogen) atoms. The Morgan fingerprint density at radius 2 is 1.67 bits per heavy atom. The van der Waals surface area contributed by atoms with E-state index in [1.165, 1.54) is 18.2 Å². The molecule has 0 aromatic heterocycles. The second-order valence-electron chi connectivity index (χ2n) is 7.07. The van der Waals surface area contributed by atoms with Crippen LogP contribution >= 0.6 is 0 Å². The van der Waals surface area contributed by atoms with Gasteiger partial charge in [-0.1, -0.05) is 52.0 Å². The van der Waals surface area contributed by atoms with Crippen molar-refractivity contribution in [1.82, 2.24) is 5.32 Å². The van der Waals surface area contributed by atoms with Crippen LogP contribution in [0.2, 0.25) is 0 Å². The molecular weight excluding hydrogens is 304 g/mol. The third kappa shape index (κ3) is 6.32. The van der Waals surface area contributed by atoms with Gasteiger partial charge in [0, 0.05) is 11.5 Å². The molecular formula is C19H31N2O3+. The number of nitrogens with one attached hydrogen (secondary N) is 1. The molecule has 0 fully saturated rings. The van der Waals surface area contributed by atoms with Crippen molar-refractivity contribution >= 4 is 12.0 Å². The van der Waals surface area contributed by atoms with Crippen LogP contribution in [0.5, 0.6) is 0 Å². The number of carbonyl (C=O) groups is 2. The Kier molecular flexibility index (Phi) is 7.92. The topological polar surface area (TPSA) is 72.0 Å². The fourth-order valence-electron chi connectivity index (χ4n) is 2.73. The maximum Gasteiger partial charge on any atom is 0.413 e. The number of hydrogen-bond acceptors (Lipinski definition) is 3. The number of carbonyl (C=O) groups excluding carboxylic acids is 2. The van der Waals surface area contributed by atoms with Crippen LogP contribution in [0, 0.1) is 11.8 Å². The van der Waals surface area contributed by atoms with Gasteiger partial charge in [0.25, 0.3) is 5.91 Å². The van der Waals surface area contributed by atoms with Crippen molar-refractivity contribution in [2.75, 3.05) is 7.11 Å². The van der Waals surface area contributed by atoms with Crippen molar-refractivity contribution in [3.8, 4) is 0 Å². The zero-order chi connectivity index (χ0) is 18.3. The van der Waals surface area contributed by atoms with Crippen molar-refractivity contribution in [1.29, 1.82) is 0 Å².